The van der Waals surface area contributed by atoms with Gasteiger partial charge in [0.05, 0.1) is 6.54 Å². The number of aryl methyl sites for hydroxylation is 1. The van der Waals surface area contributed by atoms with Crippen LogP contribution >= 0.6 is 11.5 Å². The van der Waals surface area contributed by atoms with Gasteiger partial charge in [-0.3, -0.25) is 0 Å². The van der Waals surface area contributed by atoms with Gasteiger partial charge in [-0.2, -0.15) is 0 Å². The summed E-state index contributed by atoms with van der Waals surface area (Å²) in [6, 6.07) is 8.45. The molecule has 1 aromatic carbocycles. The molecule has 19 heavy (non-hydrogen) atoms. The summed E-state index contributed by atoms with van der Waals surface area (Å²) >= 11 is 1.43. The van der Waals surface area contributed by atoms with Crippen molar-refractivity contribution in [2.45, 2.75) is 27.3 Å². The molecule has 0 aliphatic heterocycles. The first kappa shape index (κ1) is 13.8. The van der Waals surface area contributed by atoms with Crippen molar-refractivity contribution in [2.24, 2.45) is 0 Å². The summed E-state index contributed by atoms with van der Waals surface area (Å²) in [7, 11) is 0. The quantitative estimate of drug-likeness (QED) is 0.879. The minimum Gasteiger partial charge on any atom is -0.374 e. The third kappa shape index (κ3) is 3.23. The number of nitrogens with one attached hydrogen (secondary N) is 1. The zero-order valence-corrected chi connectivity index (χ0v) is 12.5. The average Bonchev–Trinajstić information content (AvgIpc) is 2.85. The Balaban J connectivity index is 2.19. The molecule has 0 radical (unpaired) electrons. The predicted octanol–water partition coefficient (Wildman–Crippen LogP) is 3.30. The summed E-state index contributed by atoms with van der Waals surface area (Å²) < 4.78 is 4.05. The van der Waals surface area contributed by atoms with Crippen molar-refractivity contribution >= 4 is 22.2 Å². The highest BCUT2D eigenvalue weighted by atomic mass is 32.1. The standard InChI is InChI=1S/C14H20N4S/c1-4-15-14-12(16-17-19-14)10-18(5-2)13-9-7-6-8-11(13)3/h6-9,15H,4-5,10H2,1-3H3. The summed E-state index contributed by atoms with van der Waals surface area (Å²) in [5.74, 6) is 0. The Bertz CT molecular complexity index is 524. The van der Waals surface area contributed by atoms with Crippen LogP contribution in [0.4, 0.5) is 10.7 Å². The van der Waals surface area contributed by atoms with Gasteiger partial charge in [0.15, 0.2) is 0 Å². The number of hydrogen-bond acceptors (Lipinski definition) is 5. The first-order valence-corrected chi connectivity index (χ1v) is 7.39. The maximum Gasteiger partial charge on any atom is 0.135 e. The van der Waals surface area contributed by atoms with Crippen molar-refractivity contribution < 1.29 is 0 Å². The number of nitrogens with zero attached hydrogens (tertiary/aromatic N) is 3. The number of hydrogen-bond donors (Lipinski definition) is 1. The smallest absolute Gasteiger partial charge is 0.135 e. The molecule has 5 heteroatoms. The van der Waals surface area contributed by atoms with Crippen LogP contribution in [0, 0.1) is 6.92 Å². The Labute approximate surface area is 118 Å². The van der Waals surface area contributed by atoms with Crippen LogP contribution in [0.15, 0.2) is 24.3 Å². The molecule has 1 N–H and O–H groups in total. The van der Waals surface area contributed by atoms with Crippen LogP contribution in [0.25, 0.3) is 0 Å². The minimum atomic E-state index is 0.792. The van der Waals surface area contributed by atoms with Crippen LogP contribution in [0.3, 0.4) is 0 Å². The van der Waals surface area contributed by atoms with E-state index in [1.807, 2.05) is 0 Å². The molecule has 2 rings (SSSR count). The molecule has 0 aliphatic rings. The van der Waals surface area contributed by atoms with Gasteiger partial charge in [-0.05, 0) is 32.4 Å². The van der Waals surface area contributed by atoms with Gasteiger partial charge in [-0.1, -0.05) is 22.7 Å². The van der Waals surface area contributed by atoms with Gasteiger partial charge in [0.25, 0.3) is 0 Å². The van der Waals surface area contributed by atoms with E-state index in [0.717, 1.165) is 30.3 Å². The van der Waals surface area contributed by atoms with Crippen LogP contribution in [-0.2, 0) is 6.54 Å². The van der Waals surface area contributed by atoms with Gasteiger partial charge >= 0.3 is 0 Å². The Morgan fingerprint density at radius 1 is 1.26 bits per heavy atom. The molecule has 4 nitrogen and oxygen atoms in total. The number of aromatic nitrogens is 2. The van der Waals surface area contributed by atoms with Gasteiger partial charge in [-0.15, -0.1) is 5.10 Å². The van der Waals surface area contributed by atoms with Gasteiger partial charge in [0, 0.05) is 30.3 Å². The van der Waals surface area contributed by atoms with Crippen molar-refractivity contribution in [3.63, 3.8) is 0 Å². The highest BCUT2D eigenvalue weighted by Gasteiger charge is 2.13. The minimum absolute atomic E-state index is 0.792. The van der Waals surface area contributed by atoms with Crippen molar-refractivity contribution in [3.05, 3.63) is 35.5 Å². The monoisotopic (exact) mass is 276 g/mol. The van der Waals surface area contributed by atoms with E-state index < -0.39 is 0 Å². The molecule has 0 spiro atoms. The molecule has 0 bridgehead atoms. The van der Waals surface area contributed by atoms with Crippen molar-refractivity contribution in [2.75, 3.05) is 23.3 Å². The molecule has 1 heterocycles. The van der Waals surface area contributed by atoms with Gasteiger partial charge < -0.3 is 10.2 Å². The lowest BCUT2D eigenvalue weighted by atomic mass is 10.2. The molecule has 0 saturated carbocycles. The lowest BCUT2D eigenvalue weighted by Gasteiger charge is -2.24. The first-order chi connectivity index (χ1) is 9.26. The summed E-state index contributed by atoms with van der Waals surface area (Å²) in [5, 5.41) is 8.64. The average molecular weight is 276 g/mol. The molecule has 0 aliphatic carbocycles. The van der Waals surface area contributed by atoms with E-state index in [2.05, 4.69) is 64.8 Å². The number of anilines is 2. The molecular formula is C14H20N4S. The van der Waals surface area contributed by atoms with Crippen LogP contribution in [0.2, 0.25) is 0 Å². The van der Waals surface area contributed by atoms with Crippen molar-refractivity contribution in [1.29, 1.82) is 0 Å². The Morgan fingerprint density at radius 2 is 2.05 bits per heavy atom. The van der Waals surface area contributed by atoms with Gasteiger partial charge in [0.2, 0.25) is 0 Å². The van der Waals surface area contributed by atoms with E-state index >= 15 is 0 Å². The molecule has 2 aromatic rings. The van der Waals surface area contributed by atoms with E-state index in [1.54, 1.807) is 0 Å². The number of rotatable bonds is 6. The SMILES string of the molecule is CCNc1snnc1CN(CC)c1ccccc1C. The Morgan fingerprint density at radius 3 is 2.74 bits per heavy atom. The lowest BCUT2D eigenvalue weighted by molar-refractivity contribution is 0.801. The second-order valence-corrected chi connectivity index (χ2v) is 5.13. The van der Waals surface area contributed by atoms with E-state index in [0.29, 0.717) is 0 Å². The topological polar surface area (TPSA) is 41.1 Å². The highest BCUT2D eigenvalue weighted by molar-refractivity contribution is 7.10. The second kappa shape index (κ2) is 6.52. The lowest BCUT2D eigenvalue weighted by Crippen LogP contribution is -2.23. The maximum absolute atomic E-state index is 4.24. The van der Waals surface area contributed by atoms with E-state index in [4.69, 9.17) is 0 Å². The summed E-state index contributed by atoms with van der Waals surface area (Å²) in [6.07, 6.45) is 0. The van der Waals surface area contributed by atoms with E-state index in [9.17, 15) is 0 Å². The molecule has 0 fully saturated rings. The molecule has 0 saturated heterocycles. The predicted molar refractivity (Wildman–Crippen MR) is 82.0 cm³/mol. The first-order valence-electron chi connectivity index (χ1n) is 6.62. The summed E-state index contributed by atoms with van der Waals surface area (Å²) in [6.45, 7) is 9.03. The fourth-order valence-electron chi connectivity index (χ4n) is 2.07. The molecule has 0 atom stereocenters. The maximum atomic E-state index is 4.24. The molecule has 0 unspecified atom stereocenters. The summed E-state index contributed by atoms with van der Waals surface area (Å²) in [4.78, 5) is 2.33. The van der Waals surface area contributed by atoms with Crippen LogP contribution < -0.4 is 10.2 Å². The Kier molecular flexibility index (Phi) is 4.74. The molecule has 1 aromatic heterocycles. The third-order valence-corrected chi connectivity index (χ3v) is 3.80. The Hall–Kier alpha value is -1.62. The highest BCUT2D eigenvalue weighted by Crippen LogP contribution is 2.24. The fraction of sp³-hybridized carbons (Fsp3) is 0.429. The van der Waals surface area contributed by atoms with Crippen LogP contribution in [-0.4, -0.2) is 22.7 Å². The zero-order chi connectivity index (χ0) is 13.7. The number of benzene rings is 1. The van der Waals surface area contributed by atoms with Gasteiger partial charge in [-0.25, -0.2) is 0 Å². The van der Waals surface area contributed by atoms with E-state index in [-0.39, 0.29) is 0 Å². The number of para-hydroxylation sites is 1. The van der Waals surface area contributed by atoms with Crippen LogP contribution in [0.5, 0.6) is 0 Å². The van der Waals surface area contributed by atoms with Crippen molar-refractivity contribution in [3.8, 4) is 0 Å². The van der Waals surface area contributed by atoms with Crippen molar-refractivity contribution in [1.82, 2.24) is 9.59 Å². The fourth-order valence-corrected chi connectivity index (χ4v) is 2.71. The van der Waals surface area contributed by atoms with Crippen LogP contribution in [0.1, 0.15) is 25.1 Å². The summed E-state index contributed by atoms with van der Waals surface area (Å²) in [5.41, 5.74) is 3.58. The van der Waals surface area contributed by atoms with E-state index in [1.165, 1.54) is 22.8 Å². The van der Waals surface area contributed by atoms with Gasteiger partial charge in [0.1, 0.15) is 10.7 Å². The normalized spacial score (nSPS) is 10.5. The zero-order valence-electron chi connectivity index (χ0n) is 11.7. The molecule has 0 amide bonds. The third-order valence-electron chi connectivity index (χ3n) is 3.07. The molecule has 102 valence electrons. The molecular weight excluding hydrogens is 256 g/mol. The largest absolute Gasteiger partial charge is 0.374 e. The second-order valence-electron chi connectivity index (χ2n) is 4.38.